The zero-order valence-corrected chi connectivity index (χ0v) is 13.0. The fourth-order valence-electron chi connectivity index (χ4n) is 2.90. The number of hydrogen-bond donors (Lipinski definition) is 2. The molecule has 0 fully saturated rings. The summed E-state index contributed by atoms with van der Waals surface area (Å²) in [6, 6.07) is 10.6. The lowest BCUT2D eigenvalue weighted by Gasteiger charge is -2.24. The molecule has 0 aliphatic carbocycles. The van der Waals surface area contributed by atoms with Gasteiger partial charge < -0.3 is 11.1 Å². The molecular formula is C18H24N2. The van der Waals surface area contributed by atoms with Gasteiger partial charge in [0.25, 0.3) is 0 Å². The summed E-state index contributed by atoms with van der Waals surface area (Å²) in [5.41, 5.74) is 14.7. The Labute approximate surface area is 122 Å². The first-order valence-corrected chi connectivity index (χ1v) is 7.05. The van der Waals surface area contributed by atoms with E-state index in [1.165, 1.54) is 33.4 Å². The number of nitrogen functional groups attached to an aromatic ring is 1. The smallest absolute Gasteiger partial charge is 0.0580 e. The Bertz CT molecular complexity index is 603. The molecule has 0 saturated heterocycles. The highest BCUT2D eigenvalue weighted by Gasteiger charge is 2.19. The summed E-state index contributed by atoms with van der Waals surface area (Å²) in [7, 11) is 2.00. The average molecular weight is 268 g/mol. The van der Waals surface area contributed by atoms with Crippen LogP contribution in [0.3, 0.4) is 0 Å². The molecule has 0 aliphatic heterocycles. The first-order chi connectivity index (χ1) is 9.45. The molecule has 0 amide bonds. The van der Waals surface area contributed by atoms with Crippen molar-refractivity contribution in [3.8, 4) is 0 Å². The SMILES string of the molecule is CNC(c1cccc(N)c1)c1c(C)c(C)cc(C)c1C. The molecule has 0 bridgehead atoms. The van der Waals surface area contributed by atoms with Gasteiger partial charge >= 0.3 is 0 Å². The third-order valence-corrected chi connectivity index (χ3v) is 4.25. The monoisotopic (exact) mass is 268 g/mol. The van der Waals surface area contributed by atoms with Gasteiger partial charge in [0.05, 0.1) is 6.04 Å². The Balaban J connectivity index is 2.64. The van der Waals surface area contributed by atoms with Gasteiger partial charge in [-0.25, -0.2) is 0 Å². The molecule has 3 N–H and O–H groups in total. The van der Waals surface area contributed by atoms with Crippen molar-refractivity contribution in [1.29, 1.82) is 0 Å². The Morgan fingerprint density at radius 1 is 0.950 bits per heavy atom. The van der Waals surface area contributed by atoms with Crippen LogP contribution < -0.4 is 11.1 Å². The first kappa shape index (κ1) is 14.6. The first-order valence-electron chi connectivity index (χ1n) is 7.05. The molecule has 0 aromatic heterocycles. The molecule has 2 aromatic rings. The Morgan fingerprint density at radius 3 is 2.05 bits per heavy atom. The number of anilines is 1. The molecule has 0 heterocycles. The highest BCUT2D eigenvalue weighted by molar-refractivity contribution is 5.51. The van der Waals surface area contributed by atoms with Gasteiger partial charge in [-0.1, -0.05) is 18.2 Å². The minimum absolute atomic E-state index is 0.178. The second kappa shape index (κ2) is 5.68. The van der Waals surface area contributed by atoms with E-state index in [9.17, 15) is 0 Å². The molecular weight excluding hydrogens is 244 g/mol. The second-order valence-electron chi connectivity index (χ2n) is 5.57. The standard InChI is InChI=1S/C18H24N2/c1-11-9-12(2)14(4)17(13(11)3)18(20-5)15-7-6-8-16(19)10-15/h6-10,18,20H,19H2,1-5H3. The minimum Gasteiger partial charge on any atom is -0.399 e. The van der Waals surface area contributed by atoms with E-state index in [2.05, 4.69) is 51.2 Å². The van der Waals surface area contributed by atoms with Crippen molar-refractivity contribution < 1.29 is 0 Å². The van der Waals surface area contributed by atoms with E-state index < -0.39 is 0 Å². The van der Waals surface area contributed by atoms with Gasteiger partial charge in [-0.3, -0.25) is 0 Å². The fourth-order valence-corrected chi connectivity index (χ4v) is 2.90. The molecule has 2 heteroatoms. The van der Waals surface area contributed by atoms with Crippen LogP contribution in [0.15, 0.2) is 30.3 Å². The summed E-state index contributed by atoms with van der Waals surface area (Å²) in [4.78, 5) is 0. The van der Waals surface area contributed by atoms with Crippen molar-refractivity contribution in [1.82, 2.24) is 5.32 Å². The van der Waals surface area contributed by atoms with Crippen molar-refractivity contribution in [2.45, 2.75) is 33.7 Å². The number of aryl methyl sites for hydroxylation is 2. The van der Waals surface area contributed by atoms with Crippen molar-refractivity contribution in [3.05, 3.63) is 63.7 Å². The lowest BCUT2D eigenvalue weighted by Crippen LogP contribution is -2.21. The summed E-state index contributed by atoms with van der Waals surface area (Å²) >= 11 is 0. The average Bonchev–Trinajstić information content (AvgIpc) is 2.41. The van der Waals surface area contributed by atoms with E-state index >= 15 is 0 Å². The van der Waals surface area contributed by atoms with E-state index in [4.69, 9.17) is 5.73 Å². The van der Waals surface area contributed by atoms with Crippen molar-refractivity contribution in [2.75, 3.05) is 12.8 Å². The normalized spacial score (nSPS) is 12.4. The maximum Gasteiger partial charge on any atom is 0.0580 e. The van der Waals surface area contributed by atoms with Gasteiger partial charge in [-0.05, 0) is 80.3 Å². The minimum atomic E-state index is 0.178. The van der Waals surface area contributed by atoms with Crippen LogP contribution in [-0.4, -0.2) is 7.05 Å². The molecule has 2 aromatic carbocycles. The molecule has 106 valence electrons. The van der Waals surface area contributed by atoms with Gasteiger partial charge in [0.1, 0.15) is 0 Å². The fraction of sp³-hybridized carbons (Fsp3) is 0.333. The predicted molar refractivity (Wildman–Crippen MR) is 87.1 cm³/mol. The second-order valence-corrected chi connectivity index (χ2v) is 5.57. The summed E-state index contributed by atoms with van der Waals surface area (Å²) in [5.74, 6) is 0. The quantitative estimate of drug-likeness (QED) is 0.831. The van der Waals surface area contributed by atoms with E-state index in [1.54, 1.807) is 0 Å². The van der Waals surface area contributed by atoms with Crippen molar-refractivity contribution >= 4 is 5.69 Å². The number of hydrogen-bond acceptors (Lipinski definition) is 2. The summed E-state index contributed by atoms with van der Waals surface area (Å²) in [6.07, 6.45) is 0. The molecule has 20 heavy (non-hydrogen) atoms. The van der Waals surface area contributed by atoms with Crippen LogP contribution in [0.25, 0.3) is 0 Å². The summed E-state index contributed by atoms with van der Waals surface area (Å²) < 4.78 is 0. The molecule has 1 unspecified atom stereocenters. The lowest BCUT2D eigenvalue weighted by molar-refractivity contribution is 0.681. The van der Waals surface area contributed by atoms with Crippen LogP contribution in [0.4, 0.5) is 5.69 Å². The van der Waals surface area contributed by atoms with Crippen LogP contribution in [-0.2, 0) is 0 Å². The third kappa shape index (κ3) is 2.56. The summed E-state index contributed by atoms with van der Waals surface area (Å²) in [5, 5.41) is 3.44. The third-order valence-electron chi connectivity index (χ3n) is 4.25. The maximum absolute atomic E-state index is 5.94. The van der Waals surface area contributed by atoms with E-state index in [-0.39, 0.29) is 6.04 Å². The van der Waals surface area contributed by atoms with Gasteiger partial charge in [-0.15, -0.1) is 0 Å². The number of rotatable bonds is 3. The van der Waals surface area contributed by atoms with E-state index in [1.807, 2.05) is 19.2 Å². The van der Waals surface area contributed by atoms with Crippen LogP contribution >= 0.6 is 0 Å². The molecule has 0 aliphatic rings. The van der Waals surface area contributed by atoms with Gasteiger partial charge in [0.15, 0.2) is 0 Å². The van der Waals surface area contributed by atoms with Crippen molar-refractivity contribution in [2.24, 2.45) is 0 Å². The van der Waals surface area contributed by atoms with E-state index in [0.717, 1.165) is 5.69 Å². The van der Waals surface area contributed by atoms with Crippen molar-refractivity contribution in [3.63, 3.8) is 0 Å². The molecule has 2 rings (SSSR count). The van der Waals surface area contributed by atoms with Crippen LogP contribution in [0.2, 0.25) is 0 Å². The number of nitrogens with two attached hydrogens (primary N) is 1. The van der Waals surface area contributed by atoms with Crippen LogP contribution in [0, 0.1) is 27.7 Å². The maximum atomic E-state index is 5.94. The van der Waals surface area contributed by atoms with E-state index in [0.29, 0.717) is 0 Å². The summed E-state index contributed by atoms with van der Waals surface area (Å²) in [6.45, 7) is 8.76. The van der Waals surface area contributed by atoms with Crippen LogP contribution in [0.5, 0.6) is 0 Å². The zero-order valence-electron chi connectivity index (χ0n) is 13.0. The molecule has 0 radical (unpaired) electrons. The highest BCUT2D eigenvalue weighted by Crippen LogP contribution is 2.31. The topological polar surface area (TPSA) is 38.0 Å². The Hall–Kier alpha value is -1.80. The number of nitrogens with one attached hydrogen (secondary N) is 1. The van der Waals surface area contributed by atoms with Crippen LogP contribution in [0.1, 0.15) is 39.4 Å². The van der Waals surface area contributed by atoms with Gasteiger partial charge in [0.2, 0.25) is 0 Å². The Morgan fingerprint density at radius 2 is 1.55 bits per heavy atom. The molecule has 1 atom stereocenters. The molecule has 2 nitrogen and oxygen atoms in total. The zero-order chi connectivity index (χ0) is 14.9. The van der Waals surface area contributed by atoms with Gasteiger partial charge in [0, 0.05) is 5.69 Å². The Kier molecular flexibility index (Phi) is 4.15. The number of benzene rings is 2. The highest BCUT2D eigenvalue weighted by atomic mass is 14.9. The van der Waals surface area contributed by atoms with Gasteiger partial charge in [-0.2, -0.15) is 0 Å². The molecule has 0 spiro atoms. The lowest BCUT2D eigenvalue weighted by atomic mass is 9.87. The largest absolute Gasteiger partial charge is 0.399 e. The predicted octanol–water partition coefficient (Wildman–Crippen LogP) is 3.81. The molecule has 0 saturated carbocycles.